The zero-order valence-electron chi connectivity index (χ0n) is 21.7. The van der Waals surface area contributed by atoms with E-state index in [9.17, 15) is 23.9 Å². The SMILES string of the molecule is CC1CCC[C@H](N2CCC(c3c(Br)ccc(Cl)c3F)=CC2=O)c2cccc(c2)-c2cc(C(=O)O)ccc2NC1=O. The molecule has 0 aromatic heterocycles. The Morgan fingerprint density at radius 2 is 1.93 bits per heavy atom. The third-order valence-electron chi connectivity index (χ3n) is 7.61. The Labute approximate surface area is 245 Å². The Kier molecular flexibility index (Phi) is 8.10. The summed E-state index contributed by atoms with van der Waals surface area (Å²) in [5.41, 5.74) is 3.76. The smallest absolute Gasteiger partial charge is 0.335 e. The molecule has 206 valence electrons. The molecule has 2 N–H and O–H groups in total. The minimum Gasteiger partial charge on any atom is -0.478 e. The van der Waals surface area contributed by atoms with Gasteiger partial charge in [-0.05, 0) is 72.4 Å². The fourth-order valence-corrected chi connectivity index (χ4v) is 6.15. The lowest BCUT2D eigenvalue weighted by Crippen LogP contribution is -2.37. The van der Waals surface area contributed by atoms with Gasteiger partial charge in [0.2, 0.25) is 11.8 Å². The van der Waals surface area contributed by atoms with Gasteiger partial charge in [0, 0.05) is 39.8 Å². The van der Waals surface area contributed by atoms with E-state index in [-0.39, 0.29) is 34.4 Å². The maximum absolute atomic E-state index is 14.9. The Morgan fingerprint density at radius 1 is 1.12 bits per heavy atom. The highest BCUT2D eigenvalue weighted by Crippen LogP contribution is 2.39. The first-order valence-corrected chi connectivity index (χ1v) is 14.2. The molecule has 2 heterocycles. The molecule has 5 rings (SSSR count). The molecule has 2 aliphatic rings. The van der Waals surface area contributed by atoms with Crippen molar-refractivity contribution in [1.82, 2.24) is 4.90 Å². The van der Waals surface area contributed by atoms with Crippen molar-refractivity contribution in [2.24, 2.45) is 5.92 Å². The summed E-state index contributed by atoms with van der Waals surface area (Å²) >= 11 is 9.41. The number of hydrogen-bond donors (Lipinski definition) is 2. The minimum atomic E-state index is -1.06. The average Bonchev–Trinajstić information content (AvgIpc) is 2.93. The fourth-order valence-electron chi connectivity index (χ4n) is 5.43. The van der Waals surface area contributed by atoms with E-state index in [0.717, 1.165) is 11.1 Å². The summed E-state index contributed by atoms with van der Waals surface area (Å²) in [6.45, 7) is 2.24. The van der Waals surface area contributed by atoms with Gasteiger partial charge in [0.15, 0.2) is 0 Å². The van der Waals surface area contributed by atoms with E-state index in [2.05, 4.69) is 21.2 Å². The third-order valence-corrected chi connectivity index (χ3v) is 8.57. The lowest BCUT2D eigenvalue weighted by Gasteiger charge is -2.35. The van der Waals surface area contributed by atoms with Gasteiger partial charge in [-0.15, -0.1) is 0 Å². The van der Waals surface area contributed by atoms with Crippen LogP contribution in [0.5, 0.6) is 0 Å². The lowest BCUT2D eigenvalue weighted by molar-refractivity contribution is -0.129. The van der Waals surface area contributed by atoms with Gasteiger partial charge in [0.1, 0.15) is 5.82 Å². The van der Waals surface area contributed by atoms with Crippen molar-refractivity contribution in [3.05, 3.63) is 92.7 Å². The van der Waals surface area contributed by atoms with Crippen molar-refractivity contribution in [3.8, 4) is 11.1 Å². The molecule has 0 radical (unpaired) electrons. The highest BCUT2D eigenvalue weighted by molar-refractivity contribution is 9.10. The zero-order valence-corrected chi connectivity index (χ0v) is 24.1. The van der Waals surface area contributed by atoms with Crippen molar-refractivity contribution in [2.45, 2.75) is 38.6 Å². The number of nitrogens with one attached hydrogen (secondary N) is 1. The molecule has 0 saturated heterocycles. The number of amides is 2. The first-order valence-electron chi connectivity index (χ1n) is 13.1. The van der Waals surface area contributed by atoms with Crippen molar-refractivity contribution in [3.63, 3.8) is 0 Å². The largest absolute Gasteiger partial charge is 0.478 e. The van der Waals surface area contributed by atoms with Crippen LogP contribution in [0, 0.1) is 11.7 Å². The summed E-state index contributed by atoms with van der Waals surface area (Å²) in [5, 5.41) is 12.6. The first kappa shape index (κ1) is 28.1. The number of halogens is 3. The van der Waals surface area contributed by atoms with E-state index in [0.29, 0.717) is 59.1 Å². The lowest BCUT2D eigenvalue weighted by atomic mass is 9.90. The molecule has 2 aliphatic heterocycles. The highest BCUT2D eigenvalue weighted by Gasteiger charge is 2.30. The molecule has 0 saturated carbocycles. The van der Waals surface area contributed by atoms with Gasteiger partial charge >= 0.3 is 5.97 Å². The van der Waals surface area contributed by atoms with Crippen molar-refractivity contribution in [1.29, 1.82) is 0 Å². The van der Waals surface area contributed by atoms with Crippen LogP contribution in [0.3, 0.4) is 0 Å². The minimum absolute atomic E-state index is 0.00500. The number of carbonyl (C=O) groups excluding carboxylic acids is 2. The highest BCUT2D eigenvalue weighted by atomic mass is 79.9. The van der Waals surface area contributed by atoms with Gasteiger partial charge in [-0.1, -0.05) is 59.1 Å². The molecule has 0 spiro atoms. The Balaban J connectivity index is 1.56. The monoisotopic (exact) mass is 624 g/mol. The zero-order chi connectivity index (χ0) is 28.6. The Hall–Kier alpha value is -3.49. The second-order valence-electron chi connectivity index (χ2n) is 10.2. The molecule has 0 fully saturated rings. The quantitative estimate of drug-likeness (QED) is 0.292. The molecule has 2 atom stereocenters. The average molecular weight is 626 g/mol. The number of nitrogens with zero attached hydrogens (tertiary/aromatic N) is 1. The summed E-state index contributed by atoms with van der Waals surface area (Å²) in [6.07, 6.45) is 3.89. The second kappa shape index (κ2) is 11.6. The maximum atomic E-state index is 14.9. The summed E-state index contributed by atoms with van der Waals surface area (Å²) in [7, 11) is 0. The van der Waals surface area contributed by atoms with Crippen LogP contribution < -0.4 is 5.32 Å². The van der Waals surface area contributed by atoms with Crippen LogP contribution in [0.25, 0.3) is 16.7 Å². The van der Waals surface area contributed by atoms with Gasteiger partial charge in [-0.3, -0.25) is 9.59 Å². The van der Waals surface area contributed by atoms with Gasteiger partial charge in [-0.2, -0.15) is 0 Å². The van der Waals surface area contributed by atoms with Crippen LogP contribution >= 0.6 is 27.5 Å². The molecule has 1 unspecified atom stereocenters. The fraction of sp³-hybridized carbons (Fsp3) is 0.258. The van der Waals surface area contributed by atoms with E-state index in [1.165, 1.54) is 18.2 Å². The van der Waals surface area contributed by atoms with Gasteiger partial charge in [0.05, 0.1) is 16.6 Å². The first-order chi connectivity index (χ1) is 19.1. The molecular formula is C31H27BrClFN2O4. The maximum Gasteiger partial charge on any atom is 0.335 e. The molecule has 40 heavy (non-hydrogen) atoms. The van der Waals surface area contributed by atoms with Crippen LogP contribution in [0.4, 0.5) is 10.1 Å². The topological polar surface area (TPSA) is 86.7 Å². The second-order valence-corrected chi connectivity index (χ2v) is 11.5. The molecule has 0 aliphatic carbocycles. The summed E-state index contributed by atoms with van der Waals surface area (Å²) in [4.78, 5) is 40.0. The van der Waals surface area contributed by atoms with E-state index in [1.54, 1.807) is 23.1 Å². The van der Waals surface area contributed by atoms with Crippen LogP contribution in [0.2, 0.25) is 5.02 Å². The molecule has 6 nitrogen and oxygen atoms in total. The van der Waals surface area contributed by atoms with E-state index < -0.39 is 11.8 Å². The summed E-state index contributed by atoms with van der Waals surface area (Å²) < 4.78 is 15.4. The van der Waals surface area contributed by atoms with Crippen molar-refractivity contribution < 1.29 is 23.9 Å². The van der Waals surface area contributed by atoms with Gasteiger partial charge < -0.3 is 15.3 Å². The molecule has 2 bridgehead atoms. The van der Waals surface area contributed by atoms with Crippen molar-refractivity contribution in [2.75, 3.05) is 11.9 Å². The normalized spacial score (nSPS) is 19.6. The summed E-state index contributed by atoms with van der Waals surface area (Å²) in [6, 6.07) is 15.2. The number of anilines is 1. The molecule has 9 heteroatoms. The molecule has 2 amide bonds. The van der Waals surface area contributed by atoms with Crippen LogP contribution in [0.1, 0.15) is 60.1 Å². The molecule has 3 aromatic carbocycles. The van der Waals surface area contributed by atoms with E-state index >= 15 is 0 Å². The standard InChI is InChI=1S/C31H27BrClFN2O4/c1-17-4-2-7-26(36-13-12-20(16-27(36)37)28-23(32)9-10-24(33)29(28)34)19-6-3-5-18(14-19)22-15-21(31(39)40)8-11-25(22)35-30(17)38/h3,5-6,8-11,14-17,26H,2,4,7,12-13H2,1H3,(H,35,38)(H,39,40)/t17?,26-/m0/s1. The number of carboxylic acids is 1. The number of carbonyl (C=O) groups is 3. The number of fused-ring (bicyclic) bond motifs is 4. The number of benzene rings is 3. The van der Waals surface area contributed by atoms with Crippen LogP contribution in [-0.2, 0) is 9.59 Å². The van der Waals surface area contributed by atoms with E-state index in [1.807, 2.05) is 31.2 Å². The Morgan fingerprint density at radius 3 is 2.67 bits per heavy atom. The number of aromatic carboxylic acids is 1. The van der Waals surface area contributed by atoms with Crippen LogP contribution in [-0.4, -0.2) is 34.3 Å². The molecular weight excluding hydrogens is 599 g/mol. The third kappa shape index (κ3) is 5.56. The predicted octanol–water partition coefficient (Wildman–Crippen LogP) is 7.72. The number of rotatable bonds is 3. The van der Waals surface area contributed by atoms with Gasteiger partial charge in [0.25, 0.3) is 0 Å². The number of carboxylic acid groups (broad SMARTS) is 1. The molecule has 3 aromatic rings. The van der Waals surface area contributed by atoms with Crippen molar-refractivity contribution >= 4 is 56.6 Å². The predicted molar refractivity (Wildman–Crippen MR) is 157 cm³/mol. The van der Waals surface area contributed by atoms with E-state index in [4.69, 9.17) is 11.6 Å². The summed E-state index contributed by atoms with van der Waals surface area (Å²) in [5.74, 6) is -2.28. The Bertz CT molecular complexity index is 1560. The number of hydrogen-bond acceptors (Lipinski definition) is 3. The van der Waals surface area contributed by atoms with Gasteiger partial charge in [-0.25, -0.2) is 9.18 Å². The van der Waals surface area contributed by atoms with Crippen LogP contribution in [0.15, 0.2) is 65.1 Å².